The molecule has 0 saturated carbocycles. The van der Waals surface area contributed by atoms with Crippen LogP contribution in [0.2, 0.25) is 0 Å². The highest BCUT2D eigenvalue weighted by Gasteiger charge is 2.33. The van der Waals surface area contributed by atoms with Gasteiger partial charge in [0, 0.05) is 17.6 Å². The molecule has 0 fully saturated rings. The van der Waals surface area contributed by atoms with Crippen LogP contribution >= 0.6 is 6.26 Å². The average Bonchev–Trinajstić information content (AvgIpc) is 2.16. The smallest absolute Gasteiger partial charge is 0.0993 e. The van der Waals surface area contributed by atoms with Crippen molar-refractivity contribution in [3.05, 3.63) is 30.3 Å². The van der Waals surface area contributed by atoms with E-state index in [0.29, 0.717) is 0 Å². The third kappa shape index (κ3) is 2.08. The quantitative estimate of drug-likeness (QED) is 0.719. The number of benzene rings is 1. The van der Waals surface area contributed by atoms with Gasteiger partial charge in [0.2, 0.25) is 0 Å². The minimum absolute atomic E-state index is 0.0123. The third-order valence-electron chi connectivity index (χ3n) is 2.24. The number of rotatable bonds is 2. The molecule has 1 atom stereocenters. The highest BCUT2D eigenvalue weighted by atomic mass is 32.4. The van der Waals surface area contributed by atoms with Gasteiger partial charge in [-0.15, -0.1) is 0 Å². The summed E-state index contributed by atoms with van der Waals surface area (Å²) in [6.07, 6.45) is -1.90. The van der Waals surface area contributed by atoms with Crippen LogP contribution in [-0.4, -0.2) is 12.3 Å². The Kier molecular flexibility index (Phi) is 3.52. The zero-order valence-electron chi connectivity index (χ0n) is 9.15. The zero-order chi connectivity index (χ0) is 10.8. The van der Waals surface area contributed by atoms with E-state index in [2.05, 4.69) is 32.9 Å². The fourth-order valence-corrected chi connectivity index (χ4v) is 3.85. The van der Waals surface area contributed by atoms with Crippen molar-refractivity contribution >= 4 is 23.4 Å². The van der Waals surface area contributed by atoms with E-state index in [1.165, 1.54) is 0 Å². The summed E-state index contributed by atoms with van der Waals surface area (Å²) < 4.78 is 5.61. The lowest BCUT2D eigenvalue weighted by Crippen LogP contribution is -2.23. The topological polar surface area (TPSA) is 9.23 Å². The molecule has 0 saturated heterocycles. The van der Waals surface area contributed by atoms with Crippen LogP contribution < -0.4 is 5.30 Å². The second kappa shape index (κ2) is 4.14. The molecular weight excluding hydrogens is 211 g/mol. The van der Waals surface area contributed by atoms with E-state index in [0.717, 1.165) is 5.30 Å². The maximum absolute atomic E-state index is 5.70. The van der Waals surface area contributed by atoms with Gasteiger partial charge >= 0.3 is 0 Å². The van der Waals surface area contributed by atoms with Gasteiger partial charge < -0.3 is 4.52 Å². The van der Waals surface area contributed by atoms with Gasteiger partial charge in [0.1, 0.15) is 0 Å². The second-order valence-corrected chi connectivity index (χ2v) is 9.11. The fraction of sp³-hybridized carbons (Fsp3) is 0.455. The highest BCUT2D eigenvalue weighted by molar-refractivity contribution is 8.16. The van der Waals surface area contributed by atoms with E-state index in [9.17, 15) is 0 Å². The van der Waals surface area contributed by atoms with Crippen LogP contribution in [0.15, 0.2) is 30.3 Å². The van der Waals surface area contributed by atoms with Crippen molar-refractivity contribution in [1.82, 2.24) is 0 Å². The molecule has 1 nitrogen and oxygen atoms in total. The molecule has 0 radical (unpaired) electrons. The van der Waals surface area contributed by atoms with Gasteiger partial charge in [0.05, 0.1) is 6.26 Å². The largest absolute Gasteiger partial charge is 0.349 e. The van der Waals surface area contributed by atoms with Gasteiger partial charge in [-0.2, -0.15) is 0 Å². The van der Waals surface area contributed by atoms with E-state index < -0.39 is 6.26 Å². The Hall–Kier alpha value is -0.170. The van der Waals surface area contributed by atoms with Crippen molar-refractivity contribution in [3.63, 3.8) is 0 Å². The van der Waals surface area contributed by atoms with Crippen LogP contribution in [0.3, 0.4) is 0 Å². The molecule has 0 N–H and O–H groups in total. The predicted molar refractivity (Wildman–Crippen MR) is 67.1 cm³/mol. The van der Waals surface area contributed by atoms with Crippen LogP contribution in [0.4, 0.5) is 0 Å². The Morgan fingerprint density at radius 3 is 2.00 bits per heavy atom. The van der Waals surface area contributed by atoms with Crippen molar-refractivity contribution in [2.24, 2.45) is 0 Å². The van der Waals surface area contributed by atoms with E-state index in [4.69, 9.17) is 16.3 Å². The van der Waals surface area contributed by atoms with Crippen LogP contribution in [0.25, 0.3) is 0 Å². The van der Waals surface area contributed by atoms with Crippen LogP contribution in [-0.2, 0) is 16.3 Å². The normalized spacial score (nSPS) is 16.3. The van der Waals surface area contributed by atoms with Gasteiger partial charge in [-0.3, -0.25) is 0 Å². The van der Waals surface area contributed by atoms with Crippen molar-refractivity contribution in [3.8, 4) is 0 Å². The molecule has 0 amide bonds. The summed E-state index contributed by atoms with van der Waals surface area (Å²) >= 11 is 5.70. The Bertz CT molecular complexity index is 340. The molecule has 0 aromatic heterocycles. The molecule has 78 valence electrons. The van der Waals surface area contributed by atoms with Crippen molar-refractivity contribution in [2.45, 2.75) is 25.9 Å². The van der Waals surface area contributed by atoms with Crippen LogP contribution in [0.5, 0.6) is 0 Å². The molecular formula is C11H17OPS. The van der Waals surface area contributed by atoms with Gasteiger partial charge in [0.25, 0.3) is 0 Å². The maximum Gasteiger partial charge on any atom is 0.0993 e. The fourth-order valence-electron chi connectivity index (χ4n) is 1.39. The molecule has 1 aromatic rings. The summed E-state index contributed by atoms with van der Waals surface area (Å²) in [7, 11) is 1.72. The predicted octanol–water partition coefficient (Wildman–Crippen LogP) is 3.15. The maximum atomic E-state index is 5.70. The van der Waals surface area contributed by atoms with Crippen LogP contribution in [0, 0.1) is 0 Å². The lowest BCUT2D eigenvalue weighted by Gasteiger charge is -2.33. The summed E-state index contributed by atoms with van der Waals surface area (Å²) in [4.78, 5) is 0. The van der Waals surface area contributed by atoms with Crippen molar-refractivity contribution in [1.29, 1.82) is 0 Å². The summed E-state index contributed by atoms with van der Waals surface area (Å²) in [6, 6.07) is 10.2. The average molecular weight is 228 g/mol. The number of hydrogen-bond acceptors (Lipinski definition) is 2. The molecule has 14 heavy (non-hydrogen) atoms. The first kappa shape index (κ1) is 11.9. The third-order valence-corrected chi connectivity index (χ3v) is 8.22. The minimum atomic E-state index is -1.90. The first-order valence-electron chi connectivity index (χ1n) is 4.63. The van der Waals surface area contributed by atoms with Gasteiger partial charge in [-0.1, -0.05) is 62.9 Å². The summed E-state index contributed by atoms with van der Waals surface area (Å²) in [5.41, 5.74) is 0. The van der Waals surface area contributed by atoms with Crippen LogP contribution in [0.1, 0.15) is 20.8 Å². The molecule has 0 bridgehead atoms. The lowest BCUT2D eigenvalue weighted by molar-refractivity contribution is 0.446. The van der Waals surface area contributed by atoms with E-state index in [-0.39, 0.29) is 5.16 Å². The van der Waals surface area contributed by atoms with Crippen molar-refractivity contribution in [2.75, 3.05) is 7.11 Å². The molecule has 1 rings (SSSR count). The van der Waals surface area contributed by atoms with Gasteiger partial charge in [-0.05, 0) is 0 Å². The molecule has 1 aromatic carbocycles. The van der Waals surface area contributed by atoms with E-state index in [1.807, 2.05) is 18.2 Å². The molecule has 0 aliphatic rings. The van der Waals surface area contributed by atoms with Gasteiger partial charge in [0.15, 0.2) is 0 Å². The Labute approximate surface area is 91.6 Å². The monoisotopic (exact) mass is 228 g/mol. The van der Waals surface area contributed by atoms with Gasteiger partial charge in [-0.25, -0.2) is 0 Å². The summed E-state index contributed by atoms with van der Waals surface area (Å²) in [5, 5.41) is 1.17. The summed E-state index contributed by atoms with van der Waals surface area (Å²) in [6.45, 7) is 6.43. The highest BCUT2D eigenvalue weighted by Crippen LogP contribution is 2.57. The zero-order valence-corrected chi connectivity index (χ0v) is 10.9. The van der Waals surface area contributed by atoms with E-state index >= 15 is 0 Å². The lowest BCUT2D eigenvalue weighted by atomic mass is 10.3. The molecule has 0 spiro atoms. The number of hydrogen-bond donors (Lipinski definition) is 0. The molecule has 0 heterocycles. The first-order valence-corrected chi connectivity index (χ1v) is 7.35. The minimum Gasteiger partial charge on any atom is -0.349 e. The first-order chi connectivity index (χ1) is 6.42. The Balaban J connectivity index is 3.23. The molecule has 0 aliphatic heterocycles. The second-order valence-electron chi connectivity index (χ2n) is 4.24. The summed E-state index contributed by atoms with van der Waals surface area (Å²) in [5.74, 6) is 0. The SMILES string of the molecule is CO[P@](=S)(c1ccccc1)C(C)(C)C. The standard InChI is InChI=1S/C11H17OPS/c1-11(2,3)13(14,12-4)10-8-6-5-7-9-10/h5-9H,1-4H3/t13-/m0/s1. The Morgan fingerprint density at radius 2 is 1.64 bits per heavy atom. The van der Waals surface area contributed by atoms with Crippen molar-refractivity contribution < 1.29 is 4.52 Å². The molecule has 0 unspecified atom stereocenters. The Morgan fingerprint density at radius 1 is 1.14 bits per heavy atom. The van der Waals surface area contributed by atoms with E-state index in [1.54, 1.807) is 7.11 Å². The molecule has 3 heteroatoms. The molecule has 0 aliphatic carbocycles.